The first-order chi connectivity index (χ1) is 6.73. The van der Waals surface area contributed by atoms with Gasteiger partial charge in [-0.3, -0.25) is 9.59 Å². The molecule has 0 amide bonds. The first-order valence-corrected chi connectivity index (χ1v) is 5.99. The van der Waals surface area contributed by atoms with Gasteiger partial charge in [0, 0.05) is 13.1 Å². The fraction of sp³-hybridized carbons (Fsp3) is 0.714. The Labute approximate surface area is 86.4 Å². The molecule has 2 atom stereocenters. The molecule has 0 aliphatic carbocycles. The Morgan fingerprint density at radius 3 is 1.67 bits per heavy atom. The quantitative estimate of drug-likeness (QED) is 0.628. The summed E-state index contributed by atoms with van der Waals surface area (Å²) in [5, 5.41) is 17.5. The van der Waals surface area contributed by atoms with E-state index in [4.69, 9.17) is 10.2 Å². The number of nitrogens with zero attached hydrogens (tertiary/aromatic N) is 1. The second kappa shape index (κ2) is 3.78. The van der Waals surface area contributed by atoms with E-state index in [0.29, 0.717) is 0 Å². The van der Waals surface area contributed by atoms with Gasteiger partial charge >= 0.3 is 11.9 Å². The van der Waals surface area contributed by atoms with E-state index in [1.54, 1.807) is 0 Å². The molecule has 1 saturated heterocycles. The minimum absolute atomic E-state index is 0.273. The number of carboxylic acid groups (broad SMARTS) is 2. The van der Waals surface area contributed by atoms with Crippen LogP contribution in [0.3, 0.4) is 0 Å². The normalized spacial score (nSPS) is 27.8. The van der Waals surface area contributed by atoms with E-state index < -0.39 is 33.8 Å². The van der Waals surface area contributed by atoms with Crippen LogP contribution in [0.5, 0.6) is 0 Å². The van der Waals surface area contributed by atoms with Gasteiger partial charge in [0.1, 0.15) is 0 Å². The zero-order valence-electron chi connectivity index (χ0n) is 7.95. The Kier molecular flexibility index (Phi) is 3.00. The smallest absolute Gasteiger partial charge is 0.308 e. The topological polar surface area (TPSA) is 112 Å². The highest BCUT2D eigenvalue weighted by atomic mass is 32.2. The molecule has 7 nitrogen and oxygen atoms in total. The number of aliphatic carboxylic acids is 2. The lowest BCUT2D eigenvalue weighted by atomic mass is 9.97. The first-order valence-electron chi connectivity index (χ1n) is 4.14. The maximum atomic E-state index is 11.1. The van der Waals surface area contributed by atoms with E-state index in [1.807, 2.05) is 0 Å². The molecule has 0 spiro atoms. The van der Waals surface area contributed by atoms with Crippen molar-refractivity contribution in [1.82, 2.24) is 4.31 Å². The van der Waals surface area contributed by atoms with Gasteiger partial charge in [-0.15, -0.1) is 0 Å². The van der Waals surface area contributed by atoms with Gasteiger partial charge in [-0.25, -0.2) is 12.7 Å². The molecule has 1 aliphatic rings. The van der Waals surface area contributed by atoms with Crippen LogP contribution in [0.4, 0.5) is 0 Å². The van der Waals surface area contributed by atoms with Gasteiger partial charge in [-0.1, -0.05) is 0 Å². The van der Waals surface area contributed by atoms with E-state index in [2.05, 4.69) is 0 Å². The van der Waals surface area contributed by atoms with Crippen LogP contribution in [0.25, 0.3) is 0 Å². The Hall–Kier alpha value is -1.15. The van der Waals surface area contributed by atoms with Crippen LogP contribution in [0, 0.1) is 11.8 Å². The second-order valence-corrected chi connectivity index (χ2v) is 5.45. The molecular weight excluding hydrogens is 226 g/mol. The summed E-state index contributed by atoms with van der Waals surface area (Å²) in [5.41, 5.74) is 0. The lowest BCUT2D eigenvalue weighted by Gasteiger charge is -2.10. The summed E-state index contributed by atoms with van der Waals surface area (Å²) in [5.74, 6) is -4.91. The summed E-state index contributed by atoms with van der Waals surface area (Å²) < 4.78 is 23.1. The molecule has 1 heterocycles. The van der Waals surface area contributed by atoms with Crippen molar-refractivity contribution in [3.05, 3.63) is 0 Å². The van der Waals surface area contributed by atoms with Crippen LogP contribution in [0.15, 0.2) is 0 Å². The minimum Gasteiger partial charge on any atom is -0.481 e. The summed E-state index contributed by atoms with van der Waals surface area (Å²) in [4.78, 5) is 21.4. The monoisotopic (exact) mass is 237 g/mol. The summed E-state index contributed by atoms with van der Waals surface area (Å²) in [6.45, 7) is -0.545. The number of hydrogen-bond acceptors (Lipinski definition) is 4. The maximum Gasteiger partial charge on any atom is 0.308 e. The number of rotatable bonds is 3. The molecule has 1 rings (SSSR count). The molecule has 0 aromatic heterocycles. The average Bonchev–Trinajstić information content (AvgIpc) is 2.45. The van der Waals surface area contributed by atoms with Gasteiger partial charge in [-0.2, -0.15) is 0 Å². The number of hydrogen-bond donors (Lipinski definition) is 2. The molecule has 1 fully saturated rings. The van der Waals surface area contributed by atoms with E-state index in [1.165, 1.54) is 0 Å². The van der Waals surface area contributed by atoms with Gasteiger partial charge in [0.25, 0.3) is 0 Å². The van der Waals surface area contributed by atoms with Crippen LogP contribution >= 0.6 is 0 Å². The molecule has 0 bridgehead atoms. The molecule has 86 valence electrons. The van der Waals surface area contributed by atoms with Crippen molar-refractivity contribution in [1.29, 1.82) is 0 Å². The largest absolute Gasteiger partial charge is 0.481 e. The van der Waals surface area contributed by atoms with Crippen molar-refractivity contribution in [2.75, 3.05) is 19.3 Å². The highest BCUT2D eigenvalue weighted by Gasteiger charge is 2.44. The van der Waals surface area contributed by atoms with E-state index in [-0.39, 0.29) is 13.1 Å². The molecular formula is C7H11NO6S. The van der Waals surface area contributed by atoms with Crippen molar-refractivity contribution >= 4 is 22.0 Å². The lowest BCUT2D eigenvalue weighted by molar-refractivity contribution is -0.151. The Balaban J connectivity index is 2.93. The van der Waals surface area contributed by atoms with Gasteiger partial charge in [0.2, 0.25) is 10.0 Å². The molecule has 0 radical (unpaired) electrons. The number of sulfonamides is 1. The summed E-state index contributed by atoms with van der Waals surface area (Å²) >= 11 is 0. The third-order valence-electron chi connectivity index (χ3n) is 2.39. The molecule has 0 aromatic carbocycles. The summed E-state index contributed by atoms with van der Waals surface area (Å²) in [6.07, 6.45) is 0.927. The van der Waals surface area contributed by atoms with Crippen LogP contribution in [-0.2, 0) is 19.6 Å². The second-order valence-electron chi connectivity index (χ2n) is 3.47. The van der Waals surface area contributed by atoms with Crippen molar-refractivity contribution in [2.24, 2.45) is 11.8 Å². The van der Waals surface area contributed by atoms with Crippen molar-refractivity contribution in [3.8, 4) is 0 Å². The van der Waals surface area contributed by atoms with Gasteiger partial charge in [0.05, 0.1) is 18.1 Å². The Bertz CT molecular complexity index is 366. The van der Waals surface area contributed by atoms with Crippen molar-refractivity contribution in [3.63, 3.8) is 0 Å². The molecule has 0 aromatic rings. The van der Waals surface area contributed by atoms with Gasteiger partial charge in [-0.05, 0) is 0 Å². The van der Waals surface area contributed by atoms with Crippen LogP contribution < -0.4 is 0 Å². The number of carbonyl (C=O) groups is 2. The summed E-state index contributed by atoms with van der Waals surface area (Å²) in [6, 6.07) is 0. The summed E-state index contributed by atoms with van der Waals surface area (Å²) in [7, 11) is -3.53. The van der Waals surface area contributed by atoms with E-state index in [0.717, 1.165) is 10.6 Å². The average molecular weight is 237 g/mol. The van der Waals surface area contributed by atoms with Crippen LogP contribution in [0.1, 0.15) is 0 Å². The molecule has 8 heteroatoms. The van der Waals surface area contributed by atoms with Crippen molar-refractivity contribution in [2.45, 2.75) is 0 Å². The Morgan fingerprint density at radius 2 is 1.47 bits per heavy atom. The number of carboxylic acids is 2. The SMILES string of the molecule is CS(=O)(=O)N1C[C@@H](C(=O)O)[C@H](C(=O)O)C1. The lowest BCUT2D eigenvalue weighted by Crippen LogP contribution is -2.28. The van der Waals surface area contributed by atoms with Crippen LogP contribution in [0.2, 0.25) is 0 Å². The molecule has 1 aliphatic heterocycles. The van der Waals surface area contributed by atoms with E-state index >= 15 is 0 Å². The highest BCUT2D eigenvalue weighted by Crippen LogP contribution is 2.25. The zero-order chi connectivity index (χ0) is 11.8. The standard InChI is InChI=1S/C7H11NO6S/c1-15(13,14)8-2-4(6(9)10)5(3-8)7(11)12/h4-5H,2-3H2,1H3,(H,9,10)(H,11,12)/t4-,5-/m1/s1. The fourth-order valence-electron chi connectivity index (χ4n) is 1.54. The maximum absolute atomic E-state index is 11.1. The van der Waals surface area contributed by atoms with Crippen LogP contribution in [-0.4, -0.2) is 54.2 Å². The predicted molar refractivity (Wildman–Crippen MR) is 48.7 cm³/mol. The predicted octanol–water partition coefficient (Wildman–Crippen LogP) is -1.34. The van der Waals surface area contributed by atoms with Crippen molar-refractivity contribution < 1.29 is 28.2 Å². The molecule has 2 N–H and O–H groups in total. The fourth-order valence-corrected chi connectivity index (χ4v) is 2.40. The highest BCUT2D eigenvalue weighted by molar-refractivity contribution is 7.88. The van der Waals surface area contributed by atoms with E-state index in [9.17, 15) is 18.0 Å². The van der Waals surface area contributed by atoms with Gasteiger partial charge in [0.15, 0.2) is 0 Å². The molecule has 15 heavy (non-hydrogen) atoms. The zero-order valence-corrected chi connectivity index (χ0v) is 8.77. The first kappa shape index (κ1) is 11.9. The van der Waals surface area contributed by atoms with Gasteiger partial charge < -0.3 is 10.2 Å². The Morgan fingerprint density at radius 1 is 1.13 bits per heavy atom. The molecule has 0 unspecified atom stereocenters. The molecule has 0 saturated carbocycles. The third kappa shape index (κ3) is 2.45. The third-order valence-corrected chi connectivity index (χ3v) is 3.63. The minimum atomic E-state index is -3.53.